The van der Waals surface area contributed by atoms with E-state index in [-0.39, 0.29) is 24.5 Å². The normalized spacial score (nSPS) is 12.5. The molecule has 0 aliphatic heterocycles. The van der Waals surface area contributed by atoms with Crippen molar-refractivity contribution in [2.24, 2.45) is 0 Å². The van der Waals surface area contributed by atoms with Gasteiger partial charge in [-0.2, -0.15) is 0 Å². The van der Waals surface area contributed by atoms with Gasteiger partial charge in [-0.15, -0.1) is 11.6 Å². The summed E-state index contributed by atoms with van der Waals surface area (Å²) in [6.45, 7) is 0. The first kappa shape index (κ1) is 11.4. The minimum Gasteiger partial charge on any atom is -0.481 e. The standard InChI is InChI=1S/C7H11ClO4/c8-2-1-5(9)3-6(10)4-7(11)12/h6,10H,1-4H2,(H,11,12). The lowest BCUT2D eigenvalue weighted by Crippen LogP contribution is -2.17. The molecule has 0 rings (SSSR count). The molecule has 0 aliphatic rings. The van der Waals surface area contributed by atoms with Gasteiger partial charge in [0.15, 0.2) is 0 Å². The van der Waals surface area contributed by atoms with Crippen LogP contribution in [0, 0.1) is 0 Å². The molecule has 0 radical (unpaired) electrons. The first-order valence-corrected chi connectivity index (χ1v) is 4.07. The minimum absolute atomic E-state index is 0.126. The van der Waals surface area contributed by atoms with Gasteiger partial charge < -0.3 is 10.2 Å². The van der Waals surface area contributed by atoms with Crippen LogP contribution in [0.3, 0.4) is 0 Å². The van der Waals surface area contributed by atoms with Crippen LogP contribution >= 0.6 is 11.6 Å². The number of carbonyl (C=O) groups excluding carboxylic acids is 1. The fourth-order valence-electron chi connectivity index (χ4n) is 0.744. The van der Waals surface area contributed by atoms with Gasteiger partial charge in [-0.25, -0.2) is 0 Å². The van der Waals surface area contributed by atoms with Crippen molar-refractivity contribution in [3.05, 3.63) is 0 Å². The average Bonchev–Trinajstić information content (AvgIpc) is 1.84. The molecular formula is C7H11ClO4. The van der Waals surface area contributed by atoms with Crippen LogP contribution in [-0.4, -0.2) is 33.9 Å². The highest BCUT2D eigenvalue weighted by Gasteiger charge is 2.13. The number of aliphatic hydroxyl groups excluding tert-OH is 1. The summed E-state index contributed by atoms with van der Waals surface area (Å²) in [5.41, 5.74) is 0. The third kappa shape index (κ3) is 6.12. The number of hydrogen-bond donors (Lipinski definition) is 2. The monoisotopic (exact) mass is 194 g/mol. The molecule has 0 spiro atoms. The molecule has 5 heteroatoms. The van der Waals surface area contributed by atoms with Gasteiger partial charge in [0.05, 0.1) is 12.5 Å². The molecule has 1 unspecified atom stereocenters. The zero-order valence-corrected chi connectivity index (χ0v) is 7.25. The van der Waals surface area contributed by atoms with Gasteiger partial charge in [0, 0.05) is 18.7 Å². The summed E-state index contributed by atoms with van der Waals surface area (Å²) in [5.74, 6) is -1.11. The topological polar surface area (TPSA) is 74.6 Å². The highest BCUT2D eigenvalue weighted by atomic mass is 35.5. The number of halogens is 1. The molecule has 1 atom stereocenters. The summed E-state index contributed by atoms with van der Waals surface area (Å²) in [4.78, 5) is 20.8. The van der Waals surface area contributed by atoms with Crippen molar-refractivity contribution >= 4 is 23.4 Å². The van der Waals surface area contributed by atoms with Crippen molar-refractivity contribution in [2.75, 3.05) is 5.88 Å². The number of carbonyl (C=O) groups is 2. The first-order valence-electron chi connectivity index (χ1n) is 3.53. The molecule has 0 saturated heterocycles. The summed E-state index contributed by atoms with van der Waals surface area (Å²) in [6, 6.07) is 0. The Morgan fingerprint density at radius 2 is 1.92 bits per heavy atom. The van der Waals surface area contributed by atoms with Crippen LogP contribution in [0.5, 0.6) is 0 Å². The Morgan fingerprint density at radius 1 is 1.33 bits per heavy atom. The number of Topliss-reactive ketones (excluding diaryl/α,β-unsaturated/α-hetero) is 1. The molecular weight excluding hydrogens is 184 g/mol. The van der Waals surface area contributed by atoms with Gasteiger partial charge in [-0.05, 0) is 0 Å². The maximum Gasteiger partial charge on any atom is 0.305 e. The Bertz CT molecular complexity index is 169. The van der Waals surface area contributed by atoms with Crippen molar-refractivity contribution in [3.8, 4) is 0 Å². The van der Waals surface area contributed by atoms with Crippen LogP contribution in [0.2, 0.25) is 0 Å². The molecule has 4 nitrogen and oxygen atoms in total. The van der Waals surface area contributed by atoms with E-state index in [0.29, 0.717) is 0 Å². The van der Waals surface area contributed by atoms with E-state index < -0.39 is 18.5 Å². The van der Waals surface area contributed by atoms with Crippen LogP contribution in [0.4, 0.5) is 0 Å². The molecule has 0 amide bonds. The number of rotatable bonds is 6. The fourth-order valence-corrected chi connectivity index (χ4v) is 0.955. The van der Waals surface area contributed by atoms with E-state index in [0.717, 1.165) is 0 Å². The highest BCUT2D eigenvalue weighted by molar-refractivity contribution is 6.19. The second kappa shape index (κ2) is 5.97. The maximum atomic E-state index is 10.8. The second-order valence-electron chi connectivity index (χ2n) is 2.43. The lowest BCUT2D eigenvalue weighted by Gasteiger charge is -2.04. The molecule has 0 aromatic heterocycles. The van der Waals surface area contributed by atoms with Gasteiger partial charge in [0.2, 0.25) is 0 Å². The number of carboxylic acid groups (broad SMARTS) is 1. The lowest BCUT2D eigenvalue weighted by molar-refractivity contribution is -0.139. The van der Waals surface area contributed by atoms with Crippen LogP contribution in [0.1, 0.15) is 19.3 Å². The van der Waals surface area contributed by atoms with Crippen LogP contribution in [0.15, 0.2) is 0 Å². The van der Waals surface area contributed by atoms with Gasteiger partial charge >= 0.3 is 5.97 Å². The number of carboxylic acids is 1. The molecule has 70 valence electrons. The van der Waals surface area contributed by atoms with Crippen molar-refractivity contribution in [1.82, 2.24) is 0 Å². The van der Waals surface area contributed by atoms with Crippen LogP contribution in [-0.2, 0) is 9.59 Å². The Morgan fingerprint density at radius 3 is 2.33 bits per heavy atom. The molecule has 0 saturated carbocycles. The first-order chi connectivity index (χ1) is 5.56. The number of alkyl halides is 1. The van der Waals surface area contributed by atoms with Crippen LogP contribution < -0.4 is 0 Å². The predicted octanol–water partition coefficient (Wildman–Crippen LogP) is 0.410. The number of aliphatic carboxylic acids is 1. The van der Waals surface area contributed by atoms with E-state index >= 15 is 0 Å². The van der Waals surface area contributed by atoms with Gasteiger partial charge in [0.1, 0.15) is 5.78 Å². The second-order valence-corrected chi connectivity index (χ2v) is 2.81. The van der Waals surface area contributed by atoms with Gasteiger partial charge in [-0.3, -0.25) is 9.59 Å². The van der Waals surface area contributed by atoms with Crippen molar-refractivity contribution in [2.45, 2.75) is 25.4 Å². The zero-order valence-electron chi connectivity index (χ0n) is 6.49. The molecule has 0 fully saturated rings. The SMILES string of the molecule is O=C(O)CC(O)CC(=O)CCCl. The van der Waals surface area contributed by atoms with Crippen molar-refractivity contribution in [3.63, 3.8) is 0 Å². The summed E-state index contributed by atoms with van der Waals surface area (Å²) < 4.78 is 0. The predicted molar refractivity (Wildman–Crippen MR) is 43.2 cm³/mol. The molecule has 2 N–H and O–H groups in total. The molecule has 0 aliphatic carbocycles. The van der Waals surface area contributed by atoms with E-state index in [1.165, 1.54) is 0 Å². The molecule has 0 aromatic carbocycles. The summed E-state index contributed by atoms with van der Waals surface area (Å²) in [6.07, 6.45) is -1.43. The Hall–Kier alpha value is -0.610. The number of hydrogen-bond acceptors (Lipinski definition) is 3. The van der Waals surface area contributed by atoms with Gasteiger partial charge in [0.25, 0.3) is 0 Å². The fraction of sp³-hybridized carbons (Fsp3) is 0.714. The van der Waals surface area contributed by atoms with E-state index in [1.54, 1.807) is 0 Å². The average molecular weight is 195 g/mol. The Balaban J connectivity index is 3.61. The lowest BCUT2D eigenvalue weighted by atomic mass is 10.1. The summed E-state index contributed by atoms with van der Waals surface area (Å²) in [7, 11) is 0. The zero-order chi connectivity index (χ0) is 9.56. The summed E-state index contributed by atoms with van der Waals surface area (Å²) >= 11 is 5.27. The molecule has 0 heterocycles. The Labute approximate surface area is 75.1 Å². The molecule has 0 bridgehead atoms. The maximum absolute atomic E-state index is 10.8. The number of ketones is 1. The van der Waals surface area contributed by atoms with Gasteiger partial charge in [-0.1, -0.05) is 0 Å². The van der Waals surface area contributed by atoms with E-state index in [1.807, 2.05) is 0 Å². The third-order valence-corrected chi connectivity index (χ3v) is 1.44. The van der Waals surface area contributed by atoms with E-state index in [4.69, 9.17) is 21.8 Å². The van der Waals surface area contributed by atoms with E-state index in [9.17, 15) is 9.59 Å². The minimum atomic E-state index is -1.11. The van der Waals surface area contributed by atoms with E-state index in [2.05, 4.69) is 0 Å². The van der Waals surface area contributed by atoms with Crippen molar-refractivity contribution in [1.29, 1.82) is 0 Å². The Kier molecular flexibility index (Phi) is 5.66. The van der Waals surface area contributed by atoms with Crippen molar-refractivity contribution < 1.29 is 19.8 Å². The smallest absolute Gasteiger partial charge is 0.305 e. The molecule has 12 heavy (non-hydrogen) atoms. The highest BCUT2D eigenvalue weighted by Crippen LogP contribution is 2.01. The molecule has 0 aromatic rings. The largest absolute Gasteiger partial charge is 0.481 e. The quantitative estimate of drug-likeness (QED) is 0.601. The van der Waals surface area contributed by atoms with Crippen LogP contribution in [0.25, 0.3) is 0 Å². The number of aliphatic hydroxyl groups is 1. The summed E-state index contributed by atoms with van der Waals surface area (Å²) in [5, 5.41) is 17.2. The third-order valence-electron chi connectivity index (χ3n) is 1.25.